The third kappa shape index (κ3) is 2.50. The van der Waals surface area contributed by atoms with Crippen LogP contribution in [0.1, 0.15) is 0 Å². The molecule has 0 fully saturated rings. The second-order valence-electron chi connectivity index (χ2n) is 4.44. The molecule has 2 aromatic carbocycles. The van der Waals surface area contributed by atoms with Crippen molar-refractivity contribution >= 4 is 22.5 Å². The average molecular weight is 301 g/mol. The molecular formula is C16H13ClN2O2. The van der Waals surface area contributed by atoms with Crippen LogP contribution in [-0.2, 0) is 0 Å². The van der Waals surface area contributed by atoms with Gasteiger partial charge in [0.2, 0.25) is 0 Å². The van der Waals surface area contributed by atoms with Gasteiger partial charge in [-0.05, 0) is 12.1 Å². The van der Waals surface area contributed by atoms with Crippen LogP contribution in [0, 0.1) is 0 Å². The summed E-state index contributed by atoms with van der Waals surface area (Å²) in [5.41, 5.74) is 1.54. The van der Waals surface area contributed by atoms with Crippen molar-refractivity contribution in [1.82, 2.24) is 9.97 Å². The average Bonchev–Trinajstić information content (AvgIpc) is 2.53. The topological polar surface area (TPSA) is 44.2 Å². The molecule has 0 aliphatic heterocycles. The Hall–Kier alpha value is -2.33. The van der Waals surface area contributed by atoms with Crippen molar-refractivity contribution in [1.29, 1.82) is 0 Å². The van der Waals surface area contributed by atoms with Gasteiger partial charge < -0.3 is 9.47 Å². The molecule has 106 valence electrons. The summed E-state index contributed by atoms with van der Waals surface area (Å²) in [6.07, 6.45) is 1.74. The molecular weight excluding hydrogens is 288 g/mol. The number of rotatable bonds is 3. The van der Waals surface area contributed by atoms with E-state index in [-0.39, 0.29) is 0 Å². The maximum atomic E-state index is 6.20. The van der Waals surface area contributed by atoms with Gasteiger partial charge in [-0.1, -0.05) is 23.7 Å². The van der Waals surface area contributed by atoms with E-state index in [2.05, 4.69) is 9.97 Å². The van der Waals surface area contributed by atoms with Crippen molar-refractivity contribution < 1.29 is 9.47 Å². The quantitative estimate of drug-likeness (QED) is 0.734. The molecule has 0 spiro atoms. The summed E-state index contributed by atoms with van der Waals surface area (Å²) in [6, 6.07) is 11.1. The Morgan fingerprint density at radius 3 is 2.57 bits per heavy atom. The highest BCUT2D eigenvalue weighted by atomic mass is 35.5. The monoisotopic (exact) mass is 300 g/mol. The van der Waals surface area contributed by atoms with Crippen molar-refractivity contribution in [2.24, 2.45) is 0 Å². The molecule has 0 amide bonds. The second-order valence-corrected chi connectivity index (χ2v) is 4.84. The lowest BCUT2D eigenvalue weighted by molar-refractivity contribution is 0.397. The molecule has 0 aliphatic carbocycles. The lowest BCUT2D eigenvalue weighted by Gasteiger charge is -2.09. The zero-order valence-corrected chi connectivity index (χ0v) is 12.4. The van der Waals surface area contributed by atoms with E-state index in [4.69, 9.17) is 21.1 Å². The SMILES string of the molecule is COc1cc(OC)c2cnc(-c3ccccc3Cl)nc2c1. The Balaban J connectivity index is 2.22. The van der Waals surface area contributed by atoms with E-state index in [1.807, 2.05) is 30.3 Å². The smallest absolute Gasteiger partial charge is 0.161 e. The Kier molecular flexibility index (Phi) is 3.62. The number of hydrogen-bond acceptors (Lipinski definition) is 4. The number of nitrogens with zero attached hydrogens (tertiary/aromatic N) is 2. The zero-order chi connectivity index (χ0) is 14.8. The van der Waals surface area contributed by atoms with Gasteiger partial charge in [0.25, 0.3) is 0 Å². The number of hydrogen-bond donors (Lipinski definition) is 0. The van der Waals surface area contributed by atoms with Crippen molar-refractivity contribution in [3.05, 3.63) is 47.6 Å². The number of fused-ring (bicyclic) bond motifs is 1. The summed E-state index contributed by atoms with van der Waals surface area (Å²) in [7, 11) is 3.22. The number of aromatic nitrogens is 2. The van der Waals surface area contributed by atoms with Crippen LogP contribution >= 0.6 is 11.6 Å². The minimum absolute atomic E-state index is 0.573. The largest absolute Gasteiger partial charge is 0.497 e. The molecule has 0 saturated carbocycles. The summed E-state index contributed by atoms with van der Waals surface area (Å²) in [5, 5.41) is 1.45. The summed E-state index contributed by atoms with van der Waals surface area (Å²) in [5.74, 6) is 1.93. The molecule has 0 N–H and O–H groups in total. The molecule has 0 atom stereocenters. The lowest BCUT2D eigenvalue weighted by Crippen LogP contribution is -1.94. The second kappa shape index (κ2) is 5.58. The van der Waals surface area contributed by atoms with Crippen molar-refractivity contribution in [2.45, 2.75) is 0 Å². The number of halogens is 1. The highest BCUT2D eigenvalue weighted by Crippen LogP contribution is 2.32. The Morgan fingerprint density at radius 1 is 1.05 bits per heavy atom. The summed E-state index contributed by atoms with van der Waals surface area (Å²) in [4.78, 5) is 8.95. The maximum Gasteiger partial charge on any atom is 0.161 e. The predicted molar refractivity (Wildman–Crippen MR) is 83.1 cm³/mol. The molecule has 0 unspecified atom stereocenters. The van der Waals surface area contributed by atoms with E-state index < -0.39 is 0 Å². The van der Waals surface area contributed by atoms with Crippen LogP contribution in [0.4, 0.5) is 0 Å². The fourth-order valence-electron chi connectivity index (χ4n) is 2.14. The Morgan fingerprint density at radius 2 is 1.86 bits per heavy atom. The number of methoxy groups -OCH3 is 2. The zero-order valence-electron chi connectivity index (χ0n) is 11.6. The van der Waals surface area contributed by atoms with Gasteiger partial charge in [0.05, 0.1) is 30.1 Å². The lowest BCUT2D eigenvalue weighted by atomic mass is 10.2. The van der Waals surface area contributed by atoms with Crippen LogP contribution in [0.3, 0.4) is 0 Å². The fraction of sp³-hybridized carbons (Fsp3) is 0.125. The Labute approximate surface area is 127 Å². The first-order valence-electron chi connectivity index (χ1n) is 6.36. The summed E-state index contributed by atoms with van der Waals surface area (Å²) < 4.78 is 10.6. The fourth-order valence-corrected chi connectivity index (χ4v) is 2.36. The van der Waals surface area contributed by atoms with Crippen LogP contribution in [0.25, 0.3) is 22.3 Å². The first-order chi connectivity index (χ1) is 10.2. The molecule has 0 radical (unpaired) electrons. The van der Waals surface area contributed by atoms with Crippen molar-refractivity contribution in [3.8, 4) is 22.9 Å². The highest BCUT2D eigenvalue weighted by molar-refractivity contribution is 6.33. The van der Waals surface area contributed by atoms with Crippen LogP contribution < -0.4 is 9.47 Å². The molecule has 0 bridgehead atoms. The molecule has 0 aliphatic rings. The van der Waals surface area contributed by atoms with Crippen LogP contribution in [0.15, 0.2) is 42.6 Å². The van der Waals surface area contributed by atoms with Gasteiger partial charge >= 0.3 is 0 Å². The minimum atomic E-state index is 0.573. The van der Waals surface area contributed by atoms with E-state index >= 15 is 0 Å². The molecule has 21 heavy (non-hydrogen) atoms. The van der Waals surface area contributed by atoms with Gasteiger partial charge in [-0.25, -0.2) is 9.97 Å². The minimum Gasteiger partial charge on any atom is -0.497 e. The first-order valence-corrected chi connectivity index (χ1v) is 6.74. The van der Waals surface area contributed by atoms with Crippen LogP contribution in [0.2, 0.25) is 5.02 Å². The van der Waals surface area contributed by atoms with Crippen LogP contribution in [-0.4, -0.2) is 24.2 Å². The Bertz CT molecular complexity index is 805. The summed E-state index contributed by atoms with van der Waals surface area (Å²) in [6.45, 7) is 0. The third-order valence-corrected chi connectivity index (χ3v) is 3.54. The van der Waals surface area contributed by atoms with E-state index in [0.29, 0.717) is 22.3 Å². The number of benzene rings is 2. The van der Waals surface area contributed by atoms with Crippen molar-refractivity contribution in [3.63, 3.8) is 0 Å². The van der Waals surface area contributed by atoms with E-state index in [1.165, 1.54) is 0 Å². The third-order valence-electron chi connectivity index (χ3n) is 3.21. The standard InChI is InChI=1S/C16H13ClN2O2/c1-20-10-7-14-12(15(8-10)21-2)9-18-16(19-14)11-5-3-4-6-13(11)17/h3-9H,1-2H3. The van der Waals surface area contributed by atoms with E-state index in [1.54, 1.807) is 26.5 Å². The van der Waals surface area contributed by atoms with E-state index in [0.717, 1.165) is 16.5 Å². The van der Waals surface area contributed by atoms with Gasteiger partial charge in [-0.2, -0.15) is 0 Å². The first kappa shape index (κ1) is 13.6. The van der Waals surface area contributed by atoms with Crippen molar-refractivity contribution in [2.75, 3.05) is 14.2 Å². The molecule has 1 aromatic heterocycles. The molecule has 3 rings (SSSR count). The van der Waals surface area contributed by atoms with Gasteiger partial charge in [-0.3, -0.25) is 0 Å². The van der Waals surface area contributed by atoms with Gasteiger partial charge in [0.1, 0.15) is 11.5 Å². The molecule has 1 heterocycles. The van der Waals surface area contributed by atoms with Gasteiger partial charge in [0, 0.05) is 23.9 Å². The normalized spacial score (nSPS) is 10.6. The van der Waals surface area contributed by atoms with E-state index in [9.17, 15) is 0 Å². The molecule has 0 saturated heterocycles. The number of ether oxygens (including phenoxy) is 2. The predicted octanol–water partition coefficient (Wildman–Crippen LogP) is 3.97. The van der Waals surface area contributed by atoms with Crippen LogP contribution in [0.5, 0.6) is 11.5 Å². The highest BCUT2D eigenvalue weighted by Gasteiger charge is 2.11. The summed E-state index contributed by atoms with van der Waals surface area (Å²) >= 11 is 6.20. The molecule has 5 heteroatoms. The molecule has 4 nitrogen and oxygen atoms in total. The van der Waals surface area contributed by atoms with Gasteiger partial charge in [-0.15, -0.1) is 0 Å². The van der Waals surface area contributed by atoms with Gasteiger partial charge in [0.15, 0.2) is 5.82 Å². The maximum absolute atomic E-state index is 6.20. The molecule has 3 aromatic rings.